The van der Waals surface area contributed by atoms with E-state index in [1.54, 1.807) is 22.8 Å². The van der Waals surface area contributed by atoms with Crippen LogP contribution in [0, 0.1) is 11.3 Å². The highest BCUT2D eigenvalue weighted by atomic mass is 35.5. The molecular formula is C10H7ClN4O. The number of aliphatic hydroxyl groups excluding tert-OH is 1. The third-order valence-electron chi connectivity index (χ3n) is 2.09. The molecule has 6 heteroatoms. The Labute approximate surface area is 96.5 Å². The van der Waals surface area contributed by atoms with E-state index < -0.39 is 0 Å². The van der Waals surface area contributed by atoms with Crippen LogP contribution in [0.15, 0.2) is 24.5 Å². The molecule has 0 unspecified atom stereocenters. The first-order valence-corrected chi connectivity index (χ1v) is 4.84. The average Bonchev–Trinajstić information content (AvgIpc) is 2.77. The van der Waals surface area contributed by atoms with E-state index in [0.29, 0.717) is 22.1 Å². The third-order valence-corrected chi connectivity index (χ3v) is 2.41. The van der Waals surface area contributed by atoms with Crippen molar-refractivity contribution < 1.29 is 5.11 Å². The molecule has 0 fully saturated rings. The molecule has 2 aromatic rings. The van der Waals surface area contributed by atoms with Gasteiger partial charge in [0.15, 0.2) is 5.82 Å². The Morgan fingerprint density at radius 3 is 3.00 bits per heavy atom. The van der Waals surface area contributed by atoms with Crippen LogP contribution in [0.2, 0.25) is 5.02 Å². The molecule has 2 rings (SSSR count). The first kappa shape index (κ1) is 10.6. The van der Waals surface area contributed by atoms with Gasteiger partial charge in [-0.3, -0.25) is 4.57 Å². The van der Waals surface area contributed by atoms with Gasteiger partial charge in [0.25, 0.3) is 0 Å². The Bertz CT molecular complexity index is 558. The largest absolute Gasteiger partial charge is 0.388 e. The van der Waals surface area contributed by atoms with Gasteiger partial charge in [-0.15, -0.1) is 10.2 Å². The van der Waals surface area contributed by atoms with Crippen molar-refractivity contribution in [2.45, 2.75) is 6.61 Å². The summed E-state index contributed by atoms with van der Waals surface area (Å²) >= 11 is 6.01. The number of benzene rings is 1. The van der Waals surface area contributed by atoms with Crippen molar-refractivity contribution in [3.8, 4) is 11.8 Å². The molecule has 0 aliphatic rings. The summed E-state index contributed by atoms with van der Waals surface area (Å²) in [5.41, 5.74) is 1.06. The summed E-state index contributed by atoms with van der Waals surface area (Å²) in [4.78, 5) is 0. The van der Waals surface area contributed by atoms with Gasteiger partial charge in [-0.25, -0.2) is 0 Å². The van der Waals surface area contributed by atoms with E-state index in [4.69, 9.17) is 22.0 Å². The number of aliphatic hydroxyl groups is 1. The smallest absolute Gasteiger partial charge is 0.163 e. The van der Waals surface area contributed by atoms with E-state index in [2.05, 4.69) is 10.2 Å². The summed E-state index contributed by atoms with van der Waals surface area (Å²) in [6, 6.07) is 6.88. The summed E-state index contributed by atoms with van der Waals surface area (Å²) in [7, 11) is 0. The highest BCUT2D eigenvalue weighted by molar-refractivity contribution is 6.32. The van der Waals surface area contributed by atoms with E-state index in [0.717, 1.165) is 0 Å². The number of nitrogens with zero attached hydrogens (tertiary/aromatic N) is 4. The molecule has 1 heterocycles. The van der Waals surface area contributed by atoms with Gasteiger partial charge in [0.1, 0.15) is 12.9 Å². The second-order valence-corrected chi connectivity index (χ2v) is 3.46. The van der Waals surface area contributed by atoms with Gasteiger partial charge in [-0.1, -0.05) is 11.6 Å². The summed E-state index contributed by atoms with van der Waals surface area (Å²) in [6.07, 6.45) is 1.44. The van der Waals surface area contributed by atoms with Crippen molar-refractivity contribution in [3.63, 3.8) is 0 Å². The van der Waals surface area contributed by atoms with Gasteiger partial charge in [0.2, 0.25) is 0 Å². The second kappa shape index (κ2) is 4.31. The molecule has 0 atom stereocenters. The van der Waals surface area contributed by atoms with E-state index >= 15 is 0 Å². The molecule has 0 saturated heterocycles. The molecule has 1 aromatic carbocycles. The molecule has 1 aromatic heterocycles. The second-order valence-electron chi connectivity index (χ2n) is 3.05. The minimum atomic E-state index is -0.243. The molecule has 5 nitrogen and oxygen atoms in total. The van der Waals surface area contributed by atoms with Crippen molar-refractivity contribution in [2.75, 3.05) is 0 Å². The Hall–Kier alpha value is -1.90. The molecule has 0 aliphatic heterocycles. The molecule has 1 N–H and O–H groups in total. The highest BCUT2D eigenvalue weighted by Crippen LogP contribution is 2.22. The predicted octanol–water partition coefficient (Wildman–Crippen LogP) is 1.28. The fourth-order valence-electron chi connectivity index (χ4n) is 1.33. The number of rotatable bonds is 2. The number of hydrogen-bond donors (Lipinski definition) is 1. The van der Waals surface area contributed by atoms with Gasteiger partial charge in [-0.2, -0.15) is 5.26 Å². The minimum absolute atomic E-state index is 0.243. The first-order chi connectivity index (χ1) is 7.76. The van der Waals surface area contributed by atoms with Crippen LogP contribution in [0.25, 0.3) is 5.69 Å². The quantitative estimate of drug-likeness (QED) is 0.850. The van der Waals surface area contributed by atoms with Crippen LogP contribution in [0.5, 0.6) is 0 Å². The summed E-state index contributed by atoms with van der Waals surface area (Å²) in [5, 5.41) is 25.7. The van der Waals surface area contributed by atoms with Crippen molar-refractivity contribution >= 4 is 11.6 Å². The topological polar surface area (TPSA) is 74.7 Å². The maximum absolute atomic E-state index is 9.05. The van der Waals surface area contributed by atoms with Crippen molar-refractivity contribution in [2.24, 2.45) is 0 Å². The molecule has 0 amide bonds. The Morgan fingerprint density at radius 1 is 1.50 bits per heavy atom. The Balaban J connectivity index is 2.60. The van der Waals surface area contributed by atoms with Crippen LogP contribution < -0.4 is 0 Å². The van der Waals surface area contributed by atoms with Gasteiger partial charge >= 0.3 is 0 Å². The molecule has 0 aliphatic carbocycles. The van der Waals surface area contributed by atoms with Gasteiger partial charge in [-0.05, 0) is 18.2 Å². The lowest BCUT2D eigenvalue weighted by molar-refractivity contribution is 0.269. The number of nitriles is 1. The lowest BCUT2D eigenvalue weighted by Gasteiger charge is -2.07. The van der Waals surface area contributed by atoms with Crippen LogP contribution >= 0.6 is 11.6 Å². The minimum Gasteiger partial charge on any atom is -0.388 e. The maximum Gasteiger partial charge on any atom is 0.163 e. The maximum atomic E-state index is 9.05. The summed E-state index contributed by atoms with van der Waals surface area (Å²) in [5.74, 6) is 0.372. The van der Waals surface area contributed by atoms with Gasteiger partial charge in [0.05, 0.1) is 22.3 Å². The van der Waals surface area contributed by atoms with Crippen molar-refractivity contribution in [1.82, 2.24) is 14.8 Å². The summed E-state index contributed by atoms with van der Waals surface area (Å²) < 4.78 is 1.54. The highest BCUT2D eigenvalue weighted by Gasteiger charge is 2.09. The monoisotopic (exact) mass is 234 g/mol. The molecule has 0 radical (unpaired) electrons. The fraction of sp³-hybridized carbons (Fsp3) is 0.100. The molecule has 0 spiro atoms. The van der Waals surface area contributed by atoms with E-state index in [1.807, 2.05) is 6.07 Å². The lowest BCUT2D eigenvalue weighted by atomic mass is 10.2. The normalized spacial score (nSPS) is 10.1. The zero-order valence-electron chi connectivity index (χ0n) is 8.13. The number of aromatic nitrogens is 3. The Morgan fingerprint density at radius 2 is 2.31 bits per heavy atom. The van der Waals surface area contributed by atoms with Crippen LogP contribution in [-0.4, -0.2) is 19.9 Å². The first-order valence-electron chi connectivity index (χ1n) is 4.46. The molecular weight excluding hydrogens is 228 g/mol. The van der Waals surface area contributed by atoms with Gasteiger partial charge in [0, 0.05) is 0 Å². The zero-order valence-corrected chi connectivity index (χ0v) is 8.89. The SMILES string of the molecule is N#Cc1ccc(Cl)c(-n2cnnc2CO)c1. The van der Waals surface area contributed by atoms with E-state index in [9.17, 15) is 0 Å². The lowest BCUT2D eigenvalue weighted by Crippen LogP contribution is -2.01. The number of halogens is 1. The van der Waals surface area contributed by atoms with Crippen LogP contribution in [0.3, 0.4) is 0 Å². The molecule has 16 heavy (non-hydrogen) atoms. The average molecular weight is 235 g/mol. The molecule has 80 valence electrons. The molecule has 0 saturated carbocycles. The molecule has 0 bridgehead atoms. The van der Waals surface area contributed by atoms with Crippen LogP contribution in [-0.2, 0) is 6.61 Å². The van der Waals surface area contributed by atoms with Crippen LogP contribution in [0.4, 0.5) is 0 Å². The van der Waals surface area contributed by atoms with Crippen molar-refractivity contribution in [3.05, 3.63) is 40.9 Å². The van der Waals surface area contributed by atoms with Crippen LogP contribution in [0.1, 0.15) is 11.4 Å². The summed E-state index contributed by atoms with van der Waals surface area (Å²) in [6.45, 7) is -0.243. The fourth-order valence-corrected chi connectivity index (χ4v) is 1.54. The van der Waals surface area contributed by atoms with E-state index in [1.165, 1.54) is 6.33 Å². The standard InChI is InChI=1S/C10H7ClN4O/c11-8-2-1-7(4-12)3-9(8)15-6-13-14-10(15)5-16/h1-3,6,16H,5H2. The van der Waals surface area contributed by atoms with E-state index in [-0.39, 0.29) is 6.61 Å². The van der Waals surface area contributed by atoms with Crippen molar-refractivity contribution in [1.29, 1.82) is 5.26 Å². The Kier molecular flexibility index (Phi) is 2.86. The number of hydrogen-bond acceptors (Lipinski definition) is 4. The predicted molar refractivity (Wildman–Crippen MR) is 57.0 cm³/mol. The van der Waals surface area contributed by atoms with Gasteiger partial charge < -0.3 is 5.11 Å². The third kappa shape index (κ3) is 1.76. The zero-order chi connectivity index (χ0) is 11.5.